The second kappa shape index (κ2) is 7.59. The first kappa shape index (κ1) is 22.5. The average molecular weight is 490 g/mol. The molecule has 1 saturated carbocycles. The summed E-state index contributed by atoms with van der Waals surface area (Å²) in [5, 5.41) is 10.9. The molecular weight excluding hydrogens is 468 g/mol. The number of fused-ring (bicyclic) bond motifs is 2. The standard InChI is InChI=1S/C22H22ClF2N7O2/c1-21(24,25)7-8-32-13-9-10(23)3-6-12(13)15(31-32)18-28-16(26)14-17(29-18)30-20(34)22(14,2)19(33)27-11-4-5-11/h3,6,9,11H,4-5,7-8H2,1-2H3,(H,27,33)(H3,26,28,29,30,34). The number of aromatic nitrogens is 4. The van der Waals surface area contributed by atoms with Gasteiger partial charge >= 0.3 is 0 Å². The summed E-state index contributed by atoms with van der Waals surface area (Å²) in [6, 6.07) is 5.02. The van der Waals surface area contributed by atoms with Crippen LogP contribution in [-0.4, -0.2) is 43.5 Å². The Morgan fingerprint density at radius 1 is 1.38 bits per heavy atom. The van der Waals surface area contributed by atoms with Gasteiger partial charge in [0.1, 0.15) is 17.3 Å². The number of anilines is 2. The molecule has 3 aromatic rings. The molecule has 178 valence electrons. The van der Waals surface area contributed by atoms with Gasteiger partial charge in [-0.2, -0.15) is 5.10 Å². The van der Waals surface area contributed by atoms with E-state index in [2.05, 4.69) is 25.7 Å². The number of carbonyl (C=O) groups excluding carboxylic acids is 2. The fraction of sp³-hybridized carbons (Fsp3) is 0.409. The minimum Gasteiger partial charge on any atom is -0.383 e. The van der Waals surface area contributed by atoms with Gasteiger partial charge in [0.15, 0.2) is 11.2 Å². The quantitative estimate of drug-likeness (QED) is 0.456. The van der Waals surface area contributed by atoms with Gasteiger partial charge in [-0.3, -0.25) is 14.3 Å². The van der Waals surface area contributed by atoms with Crippen LogP contribution in [0, 0.1) is 0 Å². The Morgan fingerprint density at radius 2 is 2.12 bits per heavy atom. The zero-order valence-electron chi connectivity index (χ0n) is 18.5. The fourth-order valence-electron chi connectivity index (χ4n) is 4.07. The summed E-state index contributed by atoms with van der Waals surface area (Å²) >= 11 is 6.13. The molecule has 1 aliphatic carbocycles. The molecule has 0 spiro atoms. The Bertz CT molecular complexity index is 1350. The number of nitrogens with one attached hydrogen (secondary N) is 2. The van der Waals surface area contributed by atoms with Crippen molar-refractivity contribution >= 4 is 46.0 Å². The van der Waals surface area contributed by atoms with Crippen molar-refractivity contribution in [2.75, 3.05) is 11.1 Å². The lowest BCUT2D eigenvalue weighted by Crippen LogP contribution is -2.48. The van der Waals surface area contributed by atoms with Crippen LogP contribution in [0.5, 0.6) is 0 Å². The van der Waals surface area contributed by atoms with E-state index in [1.54, 1.807) is 18.2 Å². The molecule has 3 heterocycles. The number of carbonyl (C=O) groups is 2. The number of nitrogens with zero attached hydrogens (tertiary/aromatic N) is 4. The van der Waals surface area contributed by atoms with Gasteiger partial charge in [0.2, 0.25) is 17.7 Å². The molecular formula is C22H22ClF2N7O2. The number of benzene rings is 1. The maximum Gasteiger partial charge on any atom is 0.247 e. The number of hydrogen-bond acceptors (Lipinski definition) is 6. The number of rotatable bonds is 6. The molecule has 1 aromatic carbocycles. The second-order valence-corrected chi connectivity index (χ2v) is 9.47. The van der Waals surface area contributed by atoms with E-state index in [0.717, 1.165) is 19.8 Å². The number of amides is 2. The molecule has 1 atom stereocenters. The number of aryl methyl sites for hydroxylation is 1. The molecule has 12 heteroatoms. The third kappa shape index (κ3) is 3.73. The fourth-order valence-corrected chi connectivity index (χ4v) is 4.24. The minimum absolute atomic E-state index is 0.0384. The van der Waals surface area contributed by atoms with Crippen molar-refractivity contribution in [1.82, 2.24) is 25.1 Å². The molecule has 1 unspecified atom stereocenters. The zero-order chi connectivity index (χ0) is 24.4. The van der Waals surface area contributed by atoms with Gasteiger partial charge in [-0.15, -0.1) is 0 Å². The van der Waals surface area contributed by atoms with E-state index in [9.17, 15) is 18.4 Å². The highest BCUT2D eigenvalue weighted by molar-refractivity contribution is 6.31. The molecule has 2 amide bonds. The van der Waals surface area contributed by atoms with Crippen LogP contribution in [0.2, 0.25) is 5.02 Å². The summed E-state index contributed by atoms with van der Waals surface area (Å²) in [4.78, 5) is 34.5. The van der Waals surface area contributed by atoms with E-state index < -0.39 is 29.6 Å². The highest BCUT2D eigenvalue weighted by Gasteiger charge is 2.53. The van der Waals surface area contributed by atoms with Crippen LogP contribution in [0.25, 0.3) is 22.4 Å². The number of hydrogen-bond donors (Lipinski definition) is 3. The Balaban J connectivity index is 1.59. The topological polar surface area (TPSA) is 128 Å². The Hall–Kier alpha value is -3.34. The highest BCUT2D eigenvalue weighted by atomic mass is 35.5. The molecule has 0 saturated heterocycles. The van der Waals surface area contributed by atoms with Crippen molar-refractivity contribution in [3.05, 3.63) is 28.8 Å². The van der Waals surface area contributed by atoms with Crippen molar-refractivity contribution in [3.8, 4) is 11.5 Å². The first-order valence-electron chi connectivity index (χ1n) is 10.8. The average Bonchev–Trinajstić information content (AvgIpc) is 3.43. The van der Waals surface area contributed by atoms with Crippen LogP contribution >= 0.6 is 11.6 Å². The molecule has 0 radical (unpaired) electrons. The normalized spacial score (nSPS) is 19.9. The summed E-state index contributed by atoms with van der Waals surface area (Å²) in [5.41, 5.74) is 5.71. The lowest BCUT2D eigenvalue weighted by atomic mass is 9.83. The van der Waals surface area contributed by atoms with E-state index in [1.807, 2.05) is 0 Å². The third-order valence-corrected chi connectivity index (χ3v) is 6.41. The second-order valence-electron chi connectivity index (χ2n) is 9.04. The van der Waals surface area contributed by atoms with Gasteiger partial charge in [-0.25, -0.2) is 18.7 Å². The summed E-state index contributed by atoms with van der Waals surface area (Å²) in [7, 11) is 0. The van der Waals surface area contributed by atoms with E-state index >= 15 is 0 Å². The lowest BCUT2D eigenvalue weighted by molar-refractivity contribution is -0.133. The number of halogens is 3. The van der Waals surface area contributed by atoms with Crippen molar-refractivity contribution < 1.29 is 18.4 Å². The summed E-state index contributed by atoms with van der Waals surface area (Å²) in [6.45, 7) is 2.27. The number of nitrogen functional groups attached to an aromatic ring is 1. The van der Waals surface area contributed by atoms with E-state index in [4.69, 9.17) is 17.3 Å². The first-order valence-corrected chi connectivity index (χ1v) is 11.2. The molecule has 0 bridgehead atoms. The van der Waals surface area contributed by atoms with Crippen molar-refractivity contribution in [2.24, 2.45) is 0 Å². The van der Waals surface area contributed by atoms with E-state index in [-0.39, 0.29) is 35.6 Å². The first-order chi connectivity index (χ1) is 16.0. The zero-order valence-corrected chi connectivity index (χ0v) is 19.2. The lowest BCUT2D eigenvalue weighted by Gasteiger charge is -2.21. The van der Waals surface area contributed by atoms with Gasteiger partial charge in [0, 0.05) is 29.4 Å². The molecule has 34 heavy (non-hydrogen) atoms. The van der Waals surface area contributed by atoms with Crippen LogP contribution in [0.1, 0.15) is 38.7 Å². The summed E-state index contributed by atoms with van der Waals surface area (Å²) in [5.74, 6) is -3.70. The van der Waals surface area contributed by atoms with E-state index in [1.165, 1.54) is 11.6 Å². The predicted molar refractivity (Wildman–Crippen MR) is 123 cm³/mol. The molecule has 4 N–H and O–H groups in total. The Labute approximate surface area is 198 Å². The van der Waals surface area contributed by atoms with Crippen LogP contribution in [0.4, 0.5) is 20.4 Å². The van der Waals surface area contributed by atoms with Crippen molar-refractivity contribution in [3.63, 3.8) is 0 Å². The van der Waals surface area contributed by atoms with Gasteiger partial charge in [-0.05, 0) is 44.9 Å². The predicted octanol–water partition coefficient (Wildman–Crippen LogP) is 3.26. The van der Waals surface area contributed by atoms with Crippen LogP contribution in [0.3, 0.4) is 0 Å². The van der Waals surface area contributed by atoms with Gasteiger partial charge < -0.3 is 16.4 Å². The van der Waals surface area contributed by atoms with Crippen LogP contribution in [-0.2, 0) is 21.5 Å². The third-order valence-electron chi connectivity index (χ3n) is 6.18. The van der Waals surface area contributed by atoms with Crippen LogP contribution in [0.15, 0.2) is 18.2 Å². The van der Waals surface area contributed by atoms with Gasteiger partial charge in [0.05, 0.1) is 11.1 Å². The number of alkyl halides is 2. The molecule has 5 rings (SSSR count). The van der Waals surface area contributed by atoms with Crippen LogP contribution < -0.4 is 16.4 Å². The Kier molecular flexibility index (Phi) is 5.01. The highest BCUT2D eigenvalue weighted by Crippen LogP contribution is 2.42. The van der Waals surface area contributed by atoms with Gasteiger partial charge in [-0.1, -0.05) is 11.6 Å². The Morgan fingerprint density at radius 3 is 2.79 bits per heavy atom. The minimum atomic E-state index is -2.87. The maximum absolute atomic E-state index is 13.5. The van der Waals surface area contributed by atoms with Crippen molar-refractivity contribution in [1.29, 1.82) is 0 Å². The van der Waals surface area contributed by atoms with E-state index in [0.29, 0.717) is 21.6 Å². The maximum atomic E-state index is 13.5. The monoisotopic (exact) mass is 489 g/mol. The van der Waals surface area contributed by atoms with Gasteiger partial charge in [0.25, 0.3) is 0 Å². The molecule has 1 aliphatic heterocycles. The molecule has 2 aromatic heterocycles. The molecule has 2 aliphatic rings. The molecule has 9 nitrogen and oxygen atoms in total. The molecule has 1 fully saturated rings. The largest absolute Gasteiger partial charge is 0.383 e. The van der Waals surface area contributed by atoms with Crippen molar-refractivity contribution in [2.45, 2.75) is 57.0 Å². The summed E-state index contributed by atoms with van der Waals surface area (Å²) in [6.07, 6.45) is 1.31. The smallest absolute Gasteiger partial charge is 0.247 e. The summed E-state index contributed by atoms with van der Waals surface area (Å²) < 4.78 is 28.4. The SMILES string of the molecule is CC(F)(F)CCn1nc(-c2nc(N)c3c(n2)NC(=O)C3(C)C(=O)NC2CC2)c2ccc(Cl)cc21. The number of nitrogens with two attached hydrogens (primary N) is 1.